The summed E-state index contributed by atoms with van der Waals surface area (Å²) in [6, 6.07) is 19.7. The number of rotatable bonds is 5. The van der Waals surface area contributed by atoms with Crippen LogP contribution >= 0.6 is 0 Å². The predicted molar refractivity (Wildman–Crippen MR) is 93.8 cm³/mol. The van der Waals surface area contributed by atoms with Crippen LogP contribution in [-0.4, -0.2) is 10.8 Å². The zero-order valence-corrected chi connectivity index (χ0v) is 13.3. The minimum atomic E-state index is -0.515. The van der Waals surface area contributed by atoms with E-state index >= 15 is 0 Å². The van der Waals surface area contributed by atoms with Crippen LogP contribution in [0.15, 0.2) is 79.1 Å². The van der Waals surface area contributed by atoms with Gasteiger partial charge >= 0.3 is 0 Å². The first-order valence-electron chi connectivity index (χ1n) is 7.71. The topological polar surface area (TPSA) is 76.1 Å². The van der Waals surface area contributed by atoms with Crippen molar-refractivity contribution in [2.24, 2.45) is 0 Å². The second kappa shape index (κ2) is 7.35. The number of hydrogen-bond donors (Lipinski definition) is 1. The molecular formula is C19H16N3O3+. The number of para-hydroxylation sites is 2. The third-order valence-corrected chi connectivity index (χ3v) is 3.67. The molecule has 0 aliphatic heterocycles. The van der Waals surface area contributed by atoms with E-state index in [-0.39, 0.29) is 23.8 Å². The summed E-state index contributed by atoms with van der Waals surface area (Å²) >= 11 is 0. The molecule has 6 heteroatoms. The van der Waals surface area contributed by atoms with Crippen LogP contribution in [-0.2, 0) is 11.3 Å². The van der Waals surface area contributed by atoms with Gasteiger partial charge in [0.15, 0.2) is 12.4 Å². The van der Waals surface area contributed by atoms with Gasteiger partial charge in [-0.1, -0.05) is 42.5 Å². The van der Waals surface area contributed by atoms with Crippen LogP contribution in [0.5, 0.6) is 0 Å². The van der Waals surface area contributed by atoms with Gasteiger partial charge in [0.1, 0.15) is 5.69 Å². The minimum Gasteiger partial charge on any atom is -0.315 e. The van der Waals surface area contributed by atoms with Crippen molar-refractivity contribution in [1.29, 1.82) is 0 Å². The van der Waals surface area contributed by atoms with Gasteiger partial charge in [-0.25, -0.2) is 0 Å². The summed E-state index contributed by atoms with van der Waals surface area (Å²) < 4.78 is 1.74. The molecule has 0 aliphatic rings. The molecule has 3 rings (SSSR count). The summed E-state index contributed by atoms with van der Waals surface area (Å²) in [7, 11) is 0. The van der Waals surface area contributed by atoms with Crippen LogP contribution in [0.25, 0.3) is 11.1 Å². The first-order chi connectivity index (χ1) is 12.1. The Morgan fingerprint density at radius 2 is 1.64 bits per heavy atom. The smallest absolute Gasteiger partial charge is 0.292 e. The number of nitro groups is 1. The fraction of sp³-hybridized carbons (Fsp3) is 0.0526. The van der Waals surface area contributed by atoms with E-state index in [1.54, 1.807) is 22.9 Å². The van der Waals surface area contributed by atoms with Crippen molar-refractivity contribution < 1.29 is 14.3 Å². The lowest BCUT2D eigenvalue weighted by atomic mass is 10.1. The molecule has 0 aliphatic carbocycles. The molecule has 3 aromatic rings. The van der Waals surface area contributed by atoms with E-state index in [1.807, 2.05) is 48.7 Å². The molecule has 0 saturated carbocycles. The average molecular weight is 334 g/mol. The maximum Gasteiger partial charge on any atom is 0.292 e. The third-order valence-electron chi connectivity index (χ3n) is 3.67. The highest BCUT2D eigenvalue weighted by Crippen LogP contribution is 2.23. The van der Waals surface area contributed by atoms with Crippen LogP contribution in [0, 0.1) is 10.1 Å². The predicted octanol–water partition coefficient (Wildman–Crippen LogP) is 3.19. The fourth-order valence-corrected chi connectivity index (χ4v) is 2.52. The summed E-state index contributed by atoms with van der Waals surface area (Å²) in [4.78, 5) is 22.7. The van der Waals surface area contributed by atoms with E-state index < -0.39 is 4.92 Å². The summed E-state index contributed by atoms with van der Waals surface area (Å²) in [5, 5.41) is 13.6. The number of carbonyl (C=O) groups excluding carboxylic acids is 1. The van der Waals surface area contributed by atoms with Gasteiger partial charge in [0, 0.05) is 17.7 Å². The number of pyridine rings is 1. The molecule has 0 unspecified atom stereocenters. The molecule has 25 heavy (non-hydrogen) atoms. The zero-order valence-electron chi connectivity index (χ0n) is 13.3. The van der Waals surface area contributed by atoms with Crippen molar-refractivity contribution in [3.05, 3.63) is 89.2 Å². The Kier molecular flexibility index (Phi) is 4.80. The Morgan fingerprint density at radius 1 is 0.960 bits per heavy atom. The van der Waals surface area contributed by atoms with Crippen molar-refractivity contribution >= 4 is 17.3 Å². The summed E-state index contributed by atoms with van der Waals surface area (Å²) in [5.41, 5.74) is 2.11. The van der Waals surface area contributed by atoms with Crippen molar-refractivity contribution in [3.8, 4) is 11.1 Å². The first-order valence-corrected chi connectivity index (χ1v) is 7.71. The molecule has 1 N–H and O–H groups in total. The van der Waals surface area contributed by atoms with E-state index in [4.69, 9.17) is 0 Å². The second-order valence-electron chi connectivity index (χ2n) is 5.45. The Morgan fingerprint density at radius 3 is 2.40 bits per heavy atom. The molecule has 0 bridgehead atoms. The second-order valence-corrected chi connectivity index (χ2v) is 5.45. The van der Waals surface area contributed by atoms with E-state index in [1.165, 1.54) is 12.1 Å². The van der Waals surface area contributed by atoms with Crippen molar-refractivity contribution in [3.63, 3.8) is 0 Å². The standard InChI is InChI=1S/C19H15N3O3/c23-19(20-17-10-4-5-11-18(17)22(24)25)14-21-12-6-9-16(13-21)15-7-2-1-3-8-15/h1-13H,14H2/p+1. The highest BCUT2D eigenvalue weighted by atomic mass is 16.6. The monoisotopic (exact) mass is 334 g/mol. The van der Waals surface area contributed by atoms with Gasteiger partial charge in [-0.3, -0.25) is 14.9 Å². The quantitative estimate of drug-likeness (QED) is 0.442. The molecule has 1 amide bonds. The van der Waals surface area contributed by atoms with Gasteiger partial charge in [0.25, 0.3) is 11.6 Å². The molecule has 124 valence electrons. The number of carbonyl (C=O) groups is 1. The SMILES string of the molecule is O=C(C[n+]1cccc(-c2ccccc2)c1)Nc1ccccc1[N+](=O)[O-]. The van der Waals surface area contributed by atoms with Crippen molar-refractivity contribution in [1.82, 2.24) is 0 Å². The molecule has 6 nitrogen and oxygen atoms in total. The Balaban J connectivity index is 1.75. The van der Waals surface area contributed by atoms with Crippen molar-refractivity contribution in [2.45, 2.75) is 6.54 Å². The van der Waals surface area contributed by atoms with E-state index in [0.29, 0.717) is 0 Å². The number of amides is 1. The van der Waals surface area contributed by atoms with Gasteiger partial charge in [0.2, 0.25) is 6.54 Å². The Bertz CT molecular complexity index is 911. The summed E-state index contributed by atoms with van der Waals surface area (Å²) in [6.07, 6.45) is 3.65. The van der Waals surface area contributed by atoms with Gasteiger partial charge in [-0.2, -0.15) is 4.57 Å². The molecule has 0 radical (unpaired) electrons. The molecule has 1 aromatic heterocycles. The van der Waals surface area contributed by atoms with Crippen LogP contribution in [0.3, 0.4) is 0 Å². The lowest BCUT2D eigenvalue weighted by Crippen LogP contribution is -2.39. The normalized spacial score (nSPS) is 10.2. The summed E-state index contributed by atoms with van der Waals surface area (Å²) in [5.74, 6) is -0.329. The minimum absolute atomic E-state index is 0.0622. The van der Waals surface area contributed by atoms with Gasteiger partial charge in [-0.15, -0.1) is 0 Å². The van der Waals surface area contributed by atoms with Crippen LogP contribution in [0.2, 0.25) is 0 Å². The maximum atomic E-state index is 12.2. The Hall–Kier alpha value is -3.54. The number of benzene rings is 2. The Labute approximate surface area is 144 Å². The lowest BCUT2D eigenvalue weighted by Gasteiger charge is -2.05. The molecule has 2 aromatic carbocycles. The number of anilines is 1. The van der Waals surface area contributed by atoms with Crippen molar-refractivity contribution in [2.75, 3.05) is 5.32 Å². The molecule has 0 saturated heterocycles. The van der Waals surface area contributed by atoms with Crippen LogP contribution in [0.1, 0.15) is 0 Å². The number of nitro benzene ring substituents is 1. The van der Waals surface area contributed by atoms with Gasteiger partial charge < -0.3 is 5.32 Å². The average Bonchev–Trinajstić information content (AvgIpc) is 2.63. The molecular weight excluding hydrogens is 318 g/mol. The number of nitrogens with one attached hydrogen (secondary N) is 1. The highest BCUT2D eigenvalue weighted by Gasteiger charge is 2.17. The van der Waals surface area contributed by atoms with E-state index in [0.717, 1.165) is 11.1 Å². The van der Waals surface area contributed by atoms with Gasteiger partial charge in [0.05, 0.1) is 4.92 Å². The lowest BCUT2D eigenvalue weighted by molar-refractivity contribution is -0.683. The number of aromatic nitrogens is 1. The summed E-state index contributed by atoms with van der Waals surface area (Å²) in [6.45, 7) is 0.0622. The van der Waals surface area contributed by atoms with Crippen LogP contribution < -0.4 is 9.88 Å². The van der Waals surface area contributed by atoms with E-state index in [2.05, 4.69) is 5.32 Å². The fourth-order valence-electron chi connectivity index (χ4n) is 2.52. The number of hydrogen-bond acceptors (Lipinski definition) is 3. The highest BCUT2D eigenvalue weighted by molar-refractivity contribution is 5.92. The molecule has 0 spiro atoms. The first kappa shape index (κ1) is 16.3. The maximum absolute atomic E-state index is 12.2. The van der Waals surface area contributed by atoms with E-state index in [9.17, 15) is 14.9 Å². The largest absolute Gasteiger partial charge is 0.315 e. The molecule has 0 fully saturated rings. The molecule has 1 heterocycles. The number of nitrogens with zero attached hydrogens (tertiary/aromatic N) is 2. The van der Waals surface area contributed by atoms with Crippen LogP contribution in [0.4, 0.5) is 11.4 Å². The molecule has 0 atom stereocenters. The third kappa shape index (κ3) is 4.06. The zero-order chi connectivity index (χ0) is 17.6. The van der Waals surface area contributed by atoms with Gasteiger partial charge in [-0.05, 0) is 17.7 Å².